The highest BCUT2D eigenvalue weighted by molar-refractivity contribution is 5.80. The van der Waals surface area contributed by atoms with E-state index in [1.165, 1.54) is 0 Å². The van der Waals surface area contributed by atoms with Gasteiger partial charge < -0.3 is 9.88 Å². The molecule has 5 rings (SSSR count). The monoisotopic (exact) mass is 358 g/mol. The van der Waals surface area contributed by atoms with E-state index in [1.807, 2.05) is 18.3 Å². The zero-order chi connectivity index (χ0) is 18.4. The molecule has 0 fully saturated rings. The van der Waals surface area contributed by atoms with Crippen molar-refractivity contribution in [1.82, 2.24) is 20.1 Å². The van der Waals surface area contributed by atoms with Crippen molar-refractivity contribution < 1.29 is 4.39 Å². The summed E-state index contributed by atoms with van der Waals surface area (Å²) in [5.74, 6) is -0.158. The van der Waals surface area contributed by atoms with E-state index in [2.05, 4.69) is 57.5 Å². The van der Waals surface area contributed by atoms with Gasteiger partial charge in [0.2, 0.25) is 0 Å². The van der Waals surface area contributed by atoms with Gasteiger partial charge in [-0.05, 0) is 66.0 Å². The van der Waals surface area contributed by atoms with Gasteiger partial charge in [0.25, 0.3) is 0 Å². The Morgan fingerprint density at radius 2 is 2.07 bits per heavy atom. The van der Waals surface area contributed by atoms with Gasteiger partial charge in [-0.2, -0.15) is 10.2 Å². The van der Waals surface area contributed by atoms with Crippen molar-refractivity contribution in [3.8, 4) is 11.3 Å². The first kappa shape index (κ1) is 16.1. The fraction of sp³-hybridized carbons (Fsp3) is 0.182. The molecule has 4 aromatic rings. The molecule has 27 heavy (non-hydrogen) atoms. The standard InChI is InChI=1S/C22H19FN4/c1-27-12-17-10-16(21-3-2-7-25-26-21)11-19(23)22(17)18(13-27)14-4-5-20-15(9-14)6-8-24-20/h2-11,18,24H,12-13H2,1H3. The fourth-order valence-electron chi connectivity index (χ4n) is 4.12. The van der Waals surface area contributed by atoms with Crippen LogP contribution in [-0.2, 0) is 6.54 Å². The summed E-state index contributed by atoms with van der Waals surface area (Å²) in [6.07, 6.45) is 3.56. The molecule has 2 aromatic heterocycles. The lowest BCUT2D eigenvalue weighted by molar-refractivity contribution is 0.291. The maximum Gasteiger partial charge on any atom is 0.128 e. The average Bonchev–Trinajstić information content (AvgIpc) is 3.15. The number of benzene rings is 2. The molecule has 0 amide bonds. The smallest absolute Gasteiger partial charge is 0.128 e. The molecular weight excluding hydrogens is 339 g/mol. The highest BCUT2D eigenvalue weighted by Crippen LogP contribution is 2.37. The molecule has 1 unspecified atom stereocenters. The van der Waals surface area contributed by atoms with Crippen LogP contribution in [0.3, 0.4) is 0 Å². The summed E-state index contributed by atoms with van der Waals surface area (Å²) in [6.45, 7) is 1.52. The summed E-state index contributed by atoms with van der Waals surface area (Å²) in [5, 5.41) is 9.20. The first-order chi connectivity index (χ1) is 13.2. The van der Waals surface area contributed by atoms with Crippen molar-refractivity contribution in [2.75, 3.05) is 13.6 Å². The normalized spacial score (nSPS) is 17.2. The molecule has 5 heteroatoms. The number of hydrogen-bond donors (Lipinski definition) is 1. The molecule has 1 atom stereocenters. The molecule has 1 N–H and O–H groups in total. The SMILES string of the molecule is CN1Cc2cc(-c3cccnn3)cc(F)c2C(c2ccc3[nH]ccc3c2)C1. The third-order valence-electron chi connectivity index (χ3n) is 5.35. The minimum atomic E-state index is -0.166. The van der Waals surface area contributed by atoms with Gasteiger partial charge in [0.05, 0.1) is 5.69 Å². The molecule has 1 aliphatic heterocycles. The second kappa shape index (κ2) is 6.28. The lowest BCUT2D eigenvalue weighted by Crippen LogP contribution is -2.31. The predicted molar refractivity (Wildman–Crippen MR) is 104 cm³/mol. The molecule has 134 valence electrons. The Morgan fingerprint density at radius 1 is 1.15 bits per heavy atom. The van der Waals surface area contributed by atoms with E-state index >= 15 is 4.39 Å². The average molecular weight is 358 g/mol. The number of hydrogen-bond acceptors (Lipinski definition) is 3. The van der Waals surface area contributed by atoms with Crippen LogP contribution in [0.25, 0.3) is 22.2 Å². The maximum atomic E-state index is 15.3. The third-order valence-corrected chi connectivity index (χ3v) is 5.35. The van der Waals surface area contributed by atoms with E-state index in [1.54, 1.807) is 12.3 Å². The Labute approximate surface area is 156 Å². The second-order valence-electron chi connectivity index (χ2n) is 7.21. The molecule has 1 aliphatic rings. The van der Waals surface area contributed by atoms with Gasteiger partial charge >= 0.3 is 0 Å². The summed E-state index contributed by atoms with van der Waals surface area (Å²) in [5.41, 5.74) is 5.52. The molecule has 0 bridgehead atoms. The molecule has 3 heterocycles. The van der Waals surface area contributed by atoms with Gasteiger partial charge in [-0.15, -0.1) is 0 Å². The number of aromatic nitrogens is 3. The van der Waals surface area contributed by atoms with Crippen molar-refractivity contribution >= 4 is 10.9 Å². The van der Waals surface area contributed by atoms with Gasteiger partial charge in [0, 0.05) is 48.0 Å². The number of aromatic amines is 1. The van der Waals surface area contributed by atoms with Crippen molar-refractivity contribution in [3.63, 3.8) is 0 Å². The van der Waals surface area contributed by atoms with Crippen molar-refractivity contribution in [2.45, 2.75) is 12.5 Å². The third kappa shape index (κ3) is 2.80. The van der Waals surface area contributed by atoms with E-state index in [0.29, 0.717) is 5.69 Å². The van der Waals surface area contributed by atoms with Crippen LogP contribution < -0.4 is 0 Å². The number of H-pyrrole nitrogens is 1. The number of likely N-dealkylation sites (N-methyl/N-ethyl adjacent to an activating group) is 1. The molecule has 0 aliphatic carbocycles. The minimum absolute atomic E-state index is 0.00829. The summed E-state index contributed by atoms with van der Waals surface area (Å²) in [6, 6.07) is 15.7. The Balaban J connectivity index is 1.64. The number of nitrogens with one attached hydrogen (secondary N) is 1. The summed E-state index contributed by atoms with van der Waals surface area (Å²) in [4.78, 5) is 5.46. The maximum absolute atomic E-state index is 15.3. The Bertz CT molecular complexity index is 1120. The van der Waals surface area contributed by atoms with Gasteiger partial charge in [-0.1, -0.05) is 6.07 Å². The van der Waals surface area contributed by atoms with E-state index in [-0.39, 0.29) is 11.7 Å². The quantitative estimate of drug-likeness (QED) is 0.580. The summed E-state index contributed by atoms with van der Waals surface area (Å²) in [7, 11) is 2.08. The van der Waals surface area contributed by atoms with Crippen LogP contribution in [0, 0.1) is 5.82 Å². The molecule has 2 aromatic carbocycles. The highest BCUT2D eigenvalue weighted by Gasteiger charge is 2.29. The molecule has 0 spiro atoms. The van der Waals surface area contributed by atoms with E-state index in [0.717, 1.165) is 46.2 Å². The number of rotatable bonds is 2. The van der Waals surface area contributed by atoms with Crippen molar-refractivity contribution in [1.29, 1.82) is 0 Å². The van der Waals surface area contributed by atoms with Crippen LogP contribution in [0.5, 0.6) is 0 Å². The van der Waals surface area contributed by atoms with Crippen LogP contribution in [0.4, 0.5) is 4.39 Å². The van der Waals surface area contributed by atoms with Crippen molar-refractivity contribution in [3.05, 3.63) is 83.4 Å². The number of halogens is 1. The second-order valence-corrected chi connectivity index (χ2v) is 7.21. The minimum Gasteiger partial charge on any atom is -0.361 e. The van der Waals surface area contributed by atoms with E-state index in [9.17, 15) is 0 Å². The lowest BCUT2D eigenvalue weighted by atomic mass is 9.83. The first-order valence-corrected chi connectivity index (χ1v) is 9.05. The lowest BCUT2D eigenvalue weighted by Gasteiger charge is -2.33. The molecular formula is C22H19FN4. The topological polar surface area (TPSA) is 44.8 Å². The van der Waals surface area contributed by atoms with Crippen molar-refractivity contribution in [2.24, 2.45) is 0 Å². The van der Waals surface area contributed by atoms with Crippen LogP contribution in [0.1, 0.15) is 22.6 Å². The predicted octanol–water partition coefficient (Wildman–Crippen LogP) is 4.34. The van der Waals surface area contributed by atoms with E-state index < -0.39 is 0 Å². The molecule has 0 saturated carbocycles. The van der Waals surface area contributed by atoms with Gasteiger partial charge in [-0.25, -0.2) is 4.39 Å². The summed E-state index contributed by atoms with van der Waals surface area (Å²) >= 11 is 0. The van der Waals surface area contributed by atoms with Gasteiger partial charge in [0.15, 0.2) is 0 Å². The van der Waals surface area contributed by atoms with Crippen LogP contribution >= 0.6 is 0 Å². The van der Waals surface area contributed by atoms with Crippen LogP contribution in [-0.4, -0.2) is 33.7 Å². The van der Waals surface area contributed by atoms with Gasteiger partial charge in [-0.3, -0.25) is 0 Å². The molecule has 0 saturated heterocycles. The largest absolute Gasteiger partial charge is 0.361 e. The highest BCUT2D eigenvalue weighted by atomic mass is 19.1. The molecule has 0 radical (unpaired) electrons. The Hall–Kier alpha value is -3.05. The van der Waals surface area contributed by atoms with E-state index in [4.69, 9.17) is 0 Å². The zero-order valence-electron chi connectivity index (χ0n) is 15.0. The number of nitrogens with zero attached hydrogens (tertiary/aromatic N) is 3. The summed E-state index contributed by atoms with van der Waals surface area (Å²) < 4.78 is 15.3. The first-order valence-electron chi connectivity index (χ1n) is 9.05. The number of fused-ring (bicyclic) bond motifs is 2. The van der Waals surface area contributed by atoms with Crippen LogP contribution in [0.15, 0.2) is 60.9 Å². The molecule has 4 nitrogen and oxygen atoms in total. The fourth-order valence-corrected chi connectivity index (χ4v) is 4.12. The Morgan fingerprint density at radius 3 is 2.93 bits per heavy atom. The van der Waals surface area contributed by atoms with Crippen LogP contribution in [0.2, 0.25) is 0 Å². The Kier molecular flexibility index (Phi) is 3.76. The van der Waals surface area contributed by atoms with Gasteiger partial charge in [0.1, 0.15) is 5.82 Å². The zero-order valence-corrected chi connectivity index (χ0v) is 15.0.